The van der Waals surface area contributed by atoms with Crippen molar-refractivity contribution in [1.82, 2.24) is 0 Å². The Hall–Kier alpha value is -1.56. The fourth-order valence-corrected chi connectivity index (χ4v) is 1.96. The minimum atomic E-state index is -4.49. The fourth-order valence-electron chi connectivity index (χ4n) is 1.96. The van der Waals surface area contributed by atoms with Crippen LogP contribution in [0, 0.1) is 0 Å². The van der Waals surface area contributed by atoms with Crippen molar-refractivity contribution in [2.45, 2.75) is 24.1 Å². The van der Waals surface area contributed by atoms with E-state index in [1.165, 1.54) is 18.2 Å². The second kappa shape index (κ2) is 3.46. The molecule has 0 aromatic heterocycles. The van der Waals surface area contributed by atoms with Crippen molar-refractivity contribution in [3.63, 3.8) is 0 Å². The van der Waals surface area contributed by atoms with Crippen LogP contribution in [0.4, 0.5) is 13.2 Å². The highest BCUT2D eigenvalue weighted by molar-refractivity contribution is 5.85. The lowest BCUT2D eigenvalue weighted by atomic mass is 10.00. The molecule has 0 amide bonds. The molecular weight excluding hydrogens is 235 g/mol. The molecule has 1 aliphatic carbocycles. The molecule has 2 rings (SSSR count). The number of carboxylic acid groups (broad SMARTS) is 1. The molecule has 2 atom stereocenters. The summed E-state index contributed by atoms with van der Waals surface area (Å²) in [7, 11) is 0. The Labute approximate surface area is 95.0 Å². The Balaban J connectivity index is 2.40. The summed E-state index contributed by atoms with van der Waals surface area (Å²) < 4.78 is 38.1. The van der Waals surface area contributed by atoms with Crippen molar-refractivity contribution in [2.24, 2.45) is 5.73 Å². The van der Waals surface area contributed by atoms with Crippen molar-refractivity contribution >= 4 is 5.97 Å². The highest BCUT2D eigenvalue weighted by Crippen LogP contribution is 2.52. The Morgan fingerprint density at radius 3 is 2.47 bits per heavy atom. The minimum Gasteiger partial charge on any atom is -0.480 e. The van der Waals surface area contributed by atoms with Crippen molar-refractivity contribution < 1.29 is 23.1 Å². The zero-order valence-electron chi connectivity index (χ0n) is 8.66. The molecule has 0 unspecified atom stereocenters. The van der Waals surface area contributed by atoms with E-state index >= 15 is 0 Å². The lowest BCUT2D eigenvalue weighted by Gasteiger charge is -2.13. The highest BCUT2D eigenvalue weighted by Gasteiger charge is 2.59. The molecule has 0 bridgehead atoms. The van der Waals surface area contributed by atoms with E-state index in [4.69, 9.17) is 10.8 Å². The van der Waals surface area contributed by atoms with Crippen LogP contribution >= 0.6 is 0 Å². The third-order valence-corrected chi connectivity index (χ3v) is 3.04. The van der Waals surface area contributed by atoms with Gasteiger partial charge in [0.25, 0.3) is 0 Å². The zero-order valence-corrected chi connectivity index (χ0v) is 8.66. The van der Waals surface area contributed by atoms with Gasteiger partial charge < -0.3 is 10.8 Å². The Morgan fingerprint density at radius 2 is 2.00 bits per heavy atom. The summed E-state index contributed by atoms with van der Waals surface area (Å²) in [4.78, 5) is 10.8. The maximum Gasteiger partial charge on any atom is 0.416 e. The molecule has 1 aromatic carbocycles. The van der Waals surface area contributed by atoms with Gasteiger partial charge >= 0.3 is 12.1 Å². The normalized spacial score (nSPS) is 27.9. The van der Waals surface area contributed by atoms with Gasteiger partial charge in [-0.15, -0.1) is 0 Å². The number of halogens is 3. The van der Waals surface area contributed by atoms with Gasteiger partial charge in [0.2, 0.25) is 0 Å². The van der Waals surface area contributed by atoms with E-state index in [-0.39, 0.29) is 12.0 Å². The Bertz CT molecular complexity index is 472. The molecule has 92 valence electrons. The number of alkyl halides is 3. The van der Waals surface area contributed by atoms with Gasteiger partial charge in [0, 0.05) is 5.92 Å². The molecule has 0 spiro atoms. The first-order valence-electron chi connectivity index (χ1n) is 4.95. The van der Waals surface area contributed by atoms with Gasteiger partial charge in [0.05, 0.1) is 5.56 Å². The molecule has 17 heavy (non-hydrogen) atoms. The van der Waals surface area contributed by atoms with Crippen LogP contribution in [0.25, 0.3) is 0 Å². The van der Waals surface area contributed by atoms with Crippen LogP contribution in [0.3, 0.4) is 0 Å². The lowest BCUT2D eigenvalue weighted by Crippen LogP contribution is -2.34. The van der Waals surface area contributed by atoms with Gasteiger partial charge in [-0.3, -0.25) is 4.79 Å². The van der Waals surface area contributed by atoms with E-state index in [0.29, 0.717) is 0 Å². The van der Waals surface area contributed by atoms with Crippen LogP contribution in [-0.2, 0) is 11.0 Å². The lowest BCUT2D eigenvalue weighted by molar-refractivity contribution is -0.141. The van der Waals surface area contributed by atoms with E-state index in [9.17, 15) is 18.0 Å². The summed E-state index contributed by atoms with van der Waals surface area (Å²) in [5.41, 5.74) is 3.11. The molecule has 0 aliphatic heterocycles. The number of benzene rings is 1. The second-order valence-electron chi connectivity index (χ2n) is 4.19. The Kier molecular flexibility index (Phi) is 2.43. The molecular formula is C11H10F3NO2. The molecule has 0 radical (unpaired) electrons. The highest BCUT2D eigenvalue weighted by atomic mass is 19.4. The van der Waals surface area contributed by atoms with Crippen LogP contribution in [0.2, 0.25) is 0 Å². The number of nitrogens with two attached hydrogens (primary N) is 1. The average Bonchev–Trinajstić information content (AvgIpc) is 2.91. The summed E-state index contributed by atoms with van der Waals surface area (Å²) in [6.07, 6.45) is -4.45. The summed E-state index contributed by atoms with van der Waals surface area (Å²) in [6.45, 7) is 0. The number of aliphatic carboxylic acids is 1. The summed E-state index contributed by atoms with van der Waals surface area (Å²) in [5.74, 6) is -2.03. The molecule has 0 heterocycles. The first-order chi connectivity index (χ1) is 7.77. The SMILES string of the molecule is N[C@@]1(C(=O)O)C[C@@H]1c1ccccc1C(F)(F)F. The third-order valence-electron chi connectivity index (χ3n) is 3.04. The predicted octanol–water partition coefficient (Wildman–Crippen LogP) is 1.97. The molecule has 1 aromatic rings. The average molecular weight is 245 g/mol. The number of carbonyl (C=O) groups is 1. The van der Waals surface area contributed by atoms with Gasteiger partial charge in [-0.1, -0.05) is 18.2 Å². The van der Waals surface area contributed by atoms with Crippen molar-refractivity contribution in [1.29, 1.82) is 0 Å². The number of hydrogen-bond donors (Lipinski definition) is 2. The standard InChI is InChI=1S/C11H10F3NO2/c12-11(13,14)7-4-2-1-3-6(7)8-5-10(8,15)9(16)17/h1-4,8H,5,15H2,(H,16,17)/t8-,10+/m1/s1. The summed E-state index contributed by atoms with van der Waals surface area (Å²) in [5, 5.41) is 8.83. The molecule has 1 aliphatic rings. The monoisotopic (exact) mass is 245 g/mol. The predicted molar refractivity (Wildman–Crippen MR) is 53.4 cm³/mol. The van der Waals surface area contributed by atoms with Crippen LogP contribution in [0.15, 0.2) is 24.3 Å². The van der Waals surface area contributed by atoms with Crippen LogP contribution in [-0.4, -0.2) is 16.6 Å². The third kappa shape index (κ3) is 1.88. The quantitative estimate of drug-likeness (QED) is 0.837. The number of rotatable bonds is 2. The van der Waals surface area contributed by atoms with Crippen molar-refractivity contribution in [3.05, 3.63) is 35.4 Å². The molecule has 3 N–H and O–H groups in total. The van der Waals surface area contributed by atoms with Gasteiger partial charge in [-0.05, 0) is 18.1 Å². The van der Waals surface area contributed by atoms with Gasteiger partial charge in [0.15, 0.2) is 0 Å². The Morgan fingerprint density at radius 1 is 1.41 bits per heavy atom. The summed E-state index contributed by atoms with van der Waals surface area (Å²) >= 11 is 0. The first-order valence-corrected chi connectivity index (χ1v) is 4.95. The van der Waals surface area contributed by atoms with E-state index < -0.39 is 29.2 Å². The molecule has 3 nitrogen and oxygen atoms in total. The van der Waals surface area contributed by atoms with Gasteiger partial charge in [0.1, 0.15) is 5.54 Å². The smallest absolute Gasteiger partial charge is 0.416 e. The molecule has 1 saturated carbocycles. The summed E-state index contributed by atoms with van der Waals surface area (Å²) in [6, 6.07) is 4.94. The first kappa shape index (κ1) is 11.9. The molecule has 1 fully saturated rings. The topological polar surface area (TPSA) is 63.3 Å². The van der Waals surface area contributed by atoms with E-state index in [0.717, 1.165) is 6.07 Å². The largest absolute Gasteiger partial charge is 0.480 e. The van der Waals surface area contributed by atoms with Crippen LogP contribution < -0.4 is 5.73 Å². The van der Waals surface area contributed by atoms with Crippen LogP contribution in [0.1, 0.15) is 23.5 Å². The van der Waals surface area contributed by atoms with E-state index in [1.807, 2.05) is 0 Å². The zero-order chi connectivity index (χ0) is 12.8. The van der Waals surface area contributed by atoms with Crippen molar-refractivity contribution in [3.8, 4) is 0 Å². The van der Waals surface area contributed by atoms with E-state index in [2.05, 4.69) is 0 Å². The van der Waals surface area contributed by atoms with Crippen molar-refractivity contribution in [2.75, 3.05) is 0 Å². The minimum absolute atomic E-state index is 0.0371. The maximum atomic E-state index is 12.7. The second-order valence-corrected chi connectivity index (χ2v) is 4.19. The van der Waals surface area contributed by atoms with Gasteiger partial charge in [-0.25, -0.2) is 0 Å². The number of hydrogen-bond acceptors (Lipinski definition) is 2. The molecule has 0 saturated heterocycles. The molecule has 6 heteroatoms. The maximum absolute atomic E-state index is 12.7. The fraction of sp³-hybridized carbons (Fsp3) is 0.364. The van der Waals surface area contributed by atoms with Gasteiger partial charge in [-0.2, -0.15) is 13.2 Å². The number of carboxylic acids is 1. The van der Waals surface area contributed by atoms with Crippen LogP contribution in [0.5, 0.6) is 0 Å². The van der Waals surface area contributed by atoms with E-state index in [1.54, 1.807) is 0 Å².